The highest BCUT2D eigenvalue weighted by Gasteiger charge is 2.39. The fourth-order valence-electron chi connectivity index (χ4n) is 3.10. The third-order valence-corrected chi connectivity index (χ3v) is 4.65. The molecule has 0 spiro atoms. The van der Waals surface area contributed by atoms with E-state index >= 15 is 0 Å². The number of hydrogen-bond acceptors (Lipinski definition) is 6. The van der Waals surface area contributed by atoms with Gasteiger partial charge in [-0.2, -0.15) is 0 Å². The third kappa shape index (κ3) is 4.88. The molecular weight excluding hydrogens is 367 g/mol. The van der Waals surface area contributed by atoms with Gasteiger partial charge < -0.3 is 25.0 Å². The number of piperazine rings is 1. The van der Waals surface area contributed by atoms with Gasteiger partial charge in [-0.25, -0.2) is 4.98 Å². The number of anilines is 1. The van der Waals surface area contributed by atoms with E-state index in [1.165, 1.54) is 0 Å². The fourth-order valence-corrected chi connectivity index (χ4v) is 3.10. The number of nitrogens with zero attached hydrogens (tertiary/aromatic N) is 3. The normalized spacial score (nSPS) is 19.4. The highest BCUT2D eigenvalue weighted by molar-refractivity contribution is 5.86. The predicted octanol–water partition coefficient (Wildman–Crippen LogP) is 1.09. The topological polar surface area (TPSA) is 80.9 Å². The molecule has 142 valence electrons. The number of ether oxygens (including phenoxy) is 2. The zero-order valence-corrected chi connectivity index (χ0v) is 16.0. The minimum Gasteiger partial charge on any atom is -0.497 e. The molecule has 7 nitrogen and oxygen atoms in total. The van der Waals surface area contributed by atoms with Crippen LogP contribution >= 0.6 is 24.8 Å². The maximum atomic E-state index is 12.7. The quantitative estimate of drug-likeness (QED) is 0.828. The van der Waals surface area contributed by atoms with Crippen LogP contribution in [0.2, 0.25) is 0 Å². The van der Waals surface area contributed by atoms with E-state index in [0.717, 1.165) is 24.7 Å². The van der Waals surface area contributed by atoms with E-state index in [9.17, 15) is 4.79 Å². The van der Waals surface area contributed by atoms with Crippen LogP contribution in [0.4, 0.5) is 5.82 Å². The minimum atomic E-state index is -0.755. The molecule has 1 amide bonds. The van der Waals surface area contributed by atoms with Crippen molar-refractivity contribution in [3.8, 4) is 5.75 Å². The molecule has 0 unspecified atom stereocenters. The van der Waals surface area contributed by atoms with Gasteiger partial charge >= 0.3 is 0 Å². The van der Waals surface area contributed by atoms with Crippen molar-refractivity contribution in [1.82, 2.24) is 9.88 Å². The molecule has 0 radical (unpaired) electrons. The van der Waals surface area contributed by atoms with Gasteiger partial charge in [0, 0.05) is 51.7 Å². The fraction of sp³-hybridized carbons (Fsp3) is 0.625. The molecule has 0 aliphatic carbocycles. The summed E-state index contributed by atoms with van der Waals surface area (Å²) < 4.78 is 10.6. The Kier molecular flexibility index (Phi) is 8.21. The summed E-state index contributed by atoms with van der Waals surface area (Å²) >= 11 is 0. The van der Waals surface area contributed by atoms with Crippen LogP contribution in [0.1, 0.15) is 12.8 Å². The van der Waals surface area contributed by atoms with Crippen LogP contribution in [0.3, 0.4) is 0 Å². The summed E-state index contributed by atoms with van der Waals surface area (Å²) in [5, 5.41) is 0. The first kappa shape index (κ1) is 21.8. The monoisotopic (exact) mass is 392 g/mol. The lowest BCUT2D eigenvalue weighted by molar-refractivity contribution is -0.140. The molecule has 2 fully saturated rings. The summed E-state index contributed by atoms with van der Waals surface area (Å²) in [5.41, 5.74) is 5.55. The predicted molar refractivity (Wildman–Crippen MR) is 101 cm³/mol. The molecule has 2 N–H and O–H groups in total. The van der Waals surface area contributed by atoms with Crippen molar-refractivity contribution in [1.29, 1.82) is 0 Å². The van der Waals surface area contributed by atoms with E-state index in [1.807, 2.05) is 17.0 Å². The van der Waals surface area contributed by atoms with Gasteiger partial charge in [0.15, 0.2) is 0 Å². The summed E-state index contributed by atoms with van der Waals surface area (Å²) in [6.45, 7) is 3.96. The van der Waals surface area contributed by atoms with Crippen LogP contribution in [0, 0.1) is 0 Å². The lowest BCUT2D eigenvalue weighted by Gasteiger charge is -2.41. The maximum Gasteiger partial charge on any atom is 0.242 e. The molecule has 1 aromatic rings. The molecule has 0 saturated carbocycles. The third-order valence-electron chi connectivity index (χ3n) is 4.65. The van der Waals surface area contributed by atoms with Crippen LogP contribution in [0.25, 0.3) is 0 Å². The zero-order valence-electron chi connectivity index (χ0n) is 14.3. The molecule has 3 rings (SSSR count). The lowest BCUT2D eigenvalue weighted by atomic mass is 9.89. The number of pyridine rings is 1. The van der Waals surface area contributed by atoms with Crippen molar-refractivity contribution < 1.29 is 14.3 Å². The van der Waals surface area contributed by atoms with E-state index in [-0.39, 0.29) is 30.7 Å². The van der Waals surface area contributed by atoms with E-state index < -0.39 is 5.54 Å². The highest BCUT2D eigenvalue weighted by Crippen LogP contribution is 2.23. The smallest absolute Gasteiger partial charge is 0.242 e. The van der Waals surface area contributed by atoms with Crippen molar-refractivity contribution in [3.05, 3.63) is 18.3 Å². The first-order valence-corrected chi connectivity index (χ1v) is 8.03. The summed E-state index contributed by atoms with van der Waals surface area (Å²) in [6.07, 6.45) is 2.94. The van der Waals surface area contributed by atoms with Gasteiger partial charge in [0.2, 0.25) is 5.91 Å². The number of nitrogens with two attached hydrogens (primary N) is 1. The Hall–Kier alpha value is -1.28. The Bertz CT molecular complexity index is 562. The molecule has 25 heavy (non-hydrogen) atoms. The average Bonchev–Trinajstić information content (AvgIpc) is 2.62. The SMILES string of the molecule is COc1ccnc(N2CCN(C(=O)C3(N)CCOCC3)CC2)c1.Cl.Cl. The van der Waals surface area contributed by atoms with Crippen LogP contribution in [0.15, 0.2) is 18.3 Å². The van der Waals surface area contributed by atoms with E-state index in [0.29, 0.717) is 39.1 Å². The van der Waals surface area contributed by atoms with Crippen LogP contribution in [0.5, 0.6) is 5.75 Å². The van der Waals surface area contributed by atoms with Gasteiger partial charge in [-0.05, 0) is 18.9 Å². The second-order valence-electron chi connectivity index (χ2n) is 6.10. The Balaban J connectivity index is 0.00000156. The Morgan fingerprint density at radius 3 is 2.48 bits per heavy atom. The number of aromatic nitrogens is 1. The van der Waals surface area contributed by atoms with Crippen LogP contribution < -0.4 is 15.4 Å². The average molecular weight is 393 g/mol. The van der Waals surface area contributed by atoms with Gasteiger partial charge in [-0.1, -0.05) is 0 Å². The summed E-state index contributed by atoms with van der Waals surface area (Å²) in [5.74, 6) is 1.72. The van der Waals surface area contributed by atoms with E-state index in [4.69, 9.17) is 15.2 Å². The summed E-state index contributed by atoms with van der Waals surface area (Å²) in [6, 6.07) is 3.74. The van der Waals surface area contributed by atoms with Gasteiger partial charge in [-0.15, -0.1) is 24.8 Å². The number of carbonyl (C=O) groups excluding carboxylic acids is 1. The lowest BCUT2D eigenvalue weighted by Crippen LogP contribution is -2.61. The first-order chi connectivity index (χ1) is 11.1. The molecule has 0 bridgehead atoms. The van der Waals surface area contributed by atoms with Gasteiger partial charge in [0.05, 0.1) is 12.6 Å². The second kappa shape index (κ2) is 9.43. The number of rotatable bonds is 3. The van der Waals surface area contributed by atoms with Crippen molar-refractivity contribution in [3.63, 3.8) is 0 Å². The van der Waals surface area contributed by atoms with E-state index in [2.05, 4.69) is 9.88 Å². The van der Waals surface area contributed by atoms with Gasteiger partial charge in [0.1, 0.15) is 11.6 Å². The summed E-state index contributed by atoms with van der Waals surface area (Å²) in [7, 11) is 1.64. The van der Waals surface area contributed by atoms with Crippen LogP contribution in [-0.2, 0) is 9.53 Å². The number of halogens is 2. The van der Waals surface area contributed by atoms with Gasteiger partial charge in [-0.3, -0.25) is 4.79 Å². The van der Waals surface area contributed by atoms with Crippen molar-refractivity contribution in [2.75, 3.05) is 51.4 Å². The molecule has 0 atom stereocenters. The largest absolute Gasteiger partial charge is 0.497 e. The van der Waals surface area contributed by atoms with Crippen molar-refractivity contribution in [2.45, 2.75) is 18.4 Å². The molecule has 0 aromatic carbocycles. The Labute approximate surface area is 160 Å². The first-order valence-electron chi connectivity index (χ1n) is 8.03. The Morgan fingerprint density at radius 2 is 1.88 bits per heavy atom. The molecule has 2 aliphatic rings. The van der Waals surface area contributed by atoms with Crippen LogP contribution in [-0.4, -0.2) is 67.8 Å². The Morgan fingerprint density at radius 1 is 1.24 bits per heavy atom. The number of carbonyl (C=O) groups is 1. The van der Waals surface area contributed by atoms with E-state index in [1.54, 1.807) is 13.3 Å². The molecule has 1 aromatic heterocycles. The molecular formula is C16H26Cl2N4O3. The number of hydrogen-bond donors (Lipinski definition) is 1. The number of methoxy groups -OCH3 is 1. The molecule has 2 saturated heterocycles. The highest BCUT2D eigenvalue weighted by atomic mass is 35.5. The van der Waals surface area contributed by atoms with Gasteiger partial charge in [0.25, 0.3) is 0 Å². The molecule has 3 heterocycles. The standard InChI is InChI=1S/C16H24N4O3.2ClH/c1-22-13-2-5-18-14(12-13)19-6-8-20(9-7-19)15(21)16(17)3-10-23-11-4-16;;/h2,5,12H,3-4,6-11,17H2,1H3;2*1H. The molecule has 9 heteroatoms. The second-order valence-corrected chi connectivity index (χ2v) is 6.10. The summed E-state index contributed by atoms with van der Waals surface area (Å²) in [4.78, 5) is 21.1. The number of amides is 1. The van der Waals surface area contributed by atoms with Crippen molar-refractivity contribution >= 4 is 36.5 Å². The molecule has 2 aliphatic heterocycles. The zero-order chi connectivity index (χ0) is 16.3. The van der Waals surface area contributed by atoms with Crippen molar-refractivity contribution in [2.24, 2.45) is 5.73 Å². The maximum absolute atomic E-state index is 12.7. The minimum absolute atomic E-state index is 0.